The highest BCUT2D eigenvalue weighted by molar-refractivity contribution is 5.64. The van der Waals surface area contributed by atoms with Gasteiger partial charge in [0.15, 0.2) is 5.82 Å². The van der Waals surface area contributed by atoms with Crippen molar-refractivity contribution in [2.24, 2.45) is 0 Å². The third-order valence-corrected chi connectivity index (χ3v) is 3.91. The molecule has 0 spiro atoms. The molecule has 0 unspecified atom stereocenters. The maximum Gasteiger partial charge on any atom is 0.161 e. The summed E-state index contributed by atoms with van der Waals surface area (Å²) in [5.41, 5.74) is 8.32. The highest BCUT2D eigenvalue weighted by Gasteiger charge is 2.04. The Morgan fingerprint density at radius 3 is 2.33 bits per heavy atom. The number of nitrogens with zero attached hydrogens (tertiary/aromatic N) is 2. The fraction of sp³-hybridized carbons (Fsp3) is 0. The molecule has 0 fully saturated rings. The lowest BCUT2D eigenvalue weighted by molar-refractivity contribution is 0.483. The molecule has 27 heavy (non-hydrogen) atoms. The van der Waals surface area contributed by atoms with E-state index in [4.69, 9.17) is 10.5 Å². The molecule has 0 atom stereocenters. The van der Waals surface area contributed by atoms with Crippen LogP contribution in [0.4, 0.5) is 17.2 Å². The second-order valence-corrected chi connectivity index (χ2v) is 5.96. The number of anilines is 3. The van der Waals surface area contributed by atoms with Crippen LogP contribution in [0.1, 0.15) is 0 Å². The number of benzene rings is 3. The van der Waals surface area contributed by atoms with E-state index in [0.717, 1.165) is 22.7 Å². The first-order valence-electron chi connectivity index (χ1n) is 8.55. The molecule has 1 heterocycles. The van der Waals surface area contributed by atoms with E-state index < -0.39 is 0 Å². The van der Waals surface area contributed by atoms with Gasteiger partial charge in [0.2, 0.25) is 0 Å². The maximum atomic E-state index is 5.84. The Bertz CT molecular complexity index is 1030. The van der Waals surface area contributed by atoms with Crippen LogP contribution in [0.2, 0.25) is 0 Å². The van der Waals surface area contributed by atoms with Crippen LogP contribution >= 0.6 is 0 Å². The summed E-state index contributed by atoms with van der Waals surface area (Å²) in [5, 5.41) is 3.28. The molecule has 4 aromatic rings. The summed E-state index contributed by atoms with van der Waals surface area (Å²) in [6.07, 6.45) is 1.72. The zero-order chi connectivity index (χ0) is 18.5. The lowest BCUT2D eigenvalue weighted by Crippen LogP contribution is -1.97. The molecule has 0 aliphatic carbocycles. The quantitative estimate of drug-likeness (QED) is 0.478. The molecule has 5 heteroatoms. The summed E-state index contributed by atoms with van der Waals surface area (Å²) < 4.78 is 5.81. The molecule has 0 aliphatic heterocycles. The van der Waals surface area contributed by atoms with Gasteiger partial charge in [0.1, 0.15) is 17.3 Å². The number of nitrogens with one attached hydrogen (secondary N) is 1. The van der Waals surface area contributed by atoms with Crippen molar-refractivity contribution in [3.05, 3.63) is 91.1 Å². The minimum absolute atomic E-state index is 0.622. The Morgan fingerprint density at radius 2 is 1.56 bits per heavy atom. The number of hydrogen-bond acceptors (Lipinski definition) is 5. The van der Waals surface area contributed by atoms with Crippen molar-refractivity contribution in [2.75, 3.05) is 11.1 Å². The van der Waals surface area contributed by atoms with Crippen molar-refractivity contribution in [1.82, 2.24) is 9.97 Å². The van der Waals surface area contributed by atoms with Gasteiger partial charge in [-0.05, 0) is 54.6 Å². The fourth-order valence-electron chi connectivity index (χ4n) is 2.62. The molecule has 3 N–H and O–H groups in total. The first kappa shape index (κ1) is 16.6. The van der Waals surface area contributed by atoms with Crippen molar-refractivity contribution < 1.29 is 4.74 Å². The average molecular weight is 354 g/mol. The van der Waals surface area contributed by atoms with Gasteiger partial charge in [-0.3, -0.25) is 0 Å². The molecule has 1 aromatic heterocycles. The van der Waals surface area contributed by atoms with Crippen LogP contribution in [0, 0.1) is 0 Å². The summed E-state index contributed by atoms with van der Waals surface area (Å²) in [7, 11) is 0. The standard InChI is InChI=1S/C22H18N4O/c23-17-6-4-5-16(15-17)22-24-14-13-21(26-22)25-18-9-11-20(12-10-18)27-19-7-2-1-3-8-19/h1-15H,23H2,(H,24,25,26). The van der Waals surface area contributed by atoms with Gasteiger partial charge in [-0.2, -0.15) is 0 Å². The van der Waals surface area contributed by atoms with Gasteiger partial charge >= 0.3 is 0 Å². The summed E-state index contributed by atoms with van der Waals surface area (Å²) in [6, 6.07) is 26.7. The van der Waals surface area contributed by atoms with Crippen molar-refractivity contribution in [2.45, 2.75) is 0 Å². The van der Waals surface area contributed by atoms with Crippen LogP contribution in [-0.2, 0) is 0 Å². The summed E-state index contributed by atoms with van der Waals surface area (Å²) >= 11 is 0. The second-order valence-electron chi connectivity index (χ2n) is 5.96. The minimum Gasteiger partial charge on any atom is -0.457 e. The summed E-state index contributed by atoms with van der Waals surface area (Å²) in [6.45, 7) is 0. The van der Waals surface area contributed by atoms with E-state index in [9.17, 15) is 0 Å². The maximum absolute atomic E-state index is 5.84. The molecule has 5 nitrogen and oxygen atoms in total. The van der Waals surface area contributed by atoms with E-state index in [0.29, 0.717) is 17.3 Å². The van der Waals surface area contributed by atoms with Crippen LogP contribution < -0.4 is 15.8 Å². The zero-order valence-corrected chi connectivity index (χ0v) is 14.5. The third kappa shape index (κ3) is 4.22. The minimum atomic E-state index is 0.622. The number of nitrogen functional groups attached to an aromatic ring is 1. The molecule has 4 rings (SSSR count). The van der Waals surface area contributed by atoms with Gasteiger partial charge in [0.05, 0.1) is 0 Å². The fourth-order valence-corrected chi connectivity index (χ4v) is 2.62. The highest BCUT2D eigenvalue weighted by atomic mass is 16.5. The SMILES string of the molecule is Nc1cccc(-c2nccc(Nc3ccc(Oc4ccccc4)cc3)n2)c1. The zero-order valence-electron chi connectivity index (χ0n) is 14.5. The Kier molecular flexibility index (Phi) is 4.66. The molecular weight excluding hydrogens is 336 g/mol. The average Bonchev–Trinajstić information content (AvgIpc) is 2.71. The van der Waals surface area contributed by atoms with Crippen molar-refractivity contribution in [3.63, 3.8) is 0 Å². The largest absolute Gasteiger partial charge is 0.457 e. The van der Waals surface area contributed by atoms with E-state index in [-0.39, 0.29) is 0 Å². The van der Waals surface area contributed by atoms with Gasteiger partial charge < -0.3 is 15.8 Å². The number of ether oxygens (including phenoxy) is 1. The molecule has 0 radical (unpaired) electrons. The van der Waals surface area contributed by atoms with Gasteiger partial charge in [0.25, 0.3) is 0 Å². The lowest BCUT2D eigenvalue weighted by Gasteiger charge is -2.09. The first-order chi connectivity index (χ1) is 13.3. The highest BCUT2D eigenvalue weighted by Crippen LogP contribution is 2.25. The summed E-state index contributed by atoms with van der Waals surface area (Å²) in [5.74, 6) is 2.91. The van der Waals surface area contributed by atoms with Crippen LogP contribution in [-0.4, -0.2) is 9.97 Å². The number of aromatic nitrogens is 2. The third-order valence-electron chi connectivity index (χ3n) is 3.91. The topological polar surface area (TPSA) is 73.1 Å². The van der Waals surface area contributed by atoms with Crippen molar-refractivity contribution in [1.29, 1.82) is 0 Å². The van der Waals surface area contributed by atoms with Crippen LogP contribution in [0.3, 0.4) is 0 Å². The number of nitrogens with two attached hydrogens (primary N) is 1. The Balaban J connectivity index is 1.48. The molecule has 3 aromatic carbocycles. The molecule has 0 bridgehead atoms. The van der Waals surface area contributed by atoms with Gasteiger partial charge in [-0.25, -0.2) is 9.97 Å². The van der Waals surface area contributed by atoms with Crippen molar-refractivity contribution >= 4 is 17.2 Å². The molecular formula is C22H18N4O. The predicted octanol–water partition coefficient (Wildman–Crippen LogP) is 5.26. The van der Waals surface area contributed by atoms with E-state index in [2.05, 4.69) is 15.3 Å². The Morgan fingerprint density at radius 1 is 0.778 bits per heavy atom. The number of hydrogen-bond donors (Lipinski definition) is 2. The van der Waals surface area contributed by atoms with Crippen LogP contribution in [0.25, 0.3) is 11.4 Å². The van der Waals surface area contributed by atoms with E-state index in [1.54, 1.807) is 6.20 Å². The predicted molar refractivity (Wildman–Crippen MR) is 108 cm³/mol. The van der Waals surface area contributed by atoms with E-state index in [1.165, 1.54) is 0 Å². The first-order valence-corrected chi connectivity index (χ1v) is 8.55. The van der Waals surface area contributed by atoms with Gasteiger partial charge in [-0.1, -0.05) is 30.3 Å². The Hall–Kier alpha value is -3.86. The van der Waals surface area contributed by atoms with Gasteiger partial charge in [0, 0.05) is 23.1 Å². The van der Waals surface area contributed by atoms with Gasteiger partial charge in [-0.15, -0.1) is 0 Å². The molecule has 0 saturated carbocycles. The number of rotatable bonds is 5. The number of para-hydroxylation sites is 1. The molecule has 0 aliphatic rings. The molecule has 132 valence electrons. The van der Waals surface area contributed by atoms with Crippen molar-refractivity contribution in [3.8, 4) is 22.9 Å². The summed E-state index contributed by atoms with van der Waals surface area (Å²) in [4.78, 5) is 8.89. The van der Waals surface area contributed by atoms with E-state index >= 15 is 0 Å². The molecule has 0 amide bonds. The monoisotopic (exact) mass is 354 g/mol. The Labute approximate surface area is 157 Å². The van der Waals surface area contributed by atoms with Crippen LogP contribution in [0.5, 0.6) is 11.5 Å². The molecule has 0 saturated heterocycles. The smallest absolute Gasteiger partial charge is 0.161 e. The lowest BCUT2D eigenvalue weighted by atomic mass is 10.2. The van der Waals surface area contributed by atoms with Crippen LogP contribution in [0.15, 0.2) is 91.1 Å². The van der Waals surface area contributed by atoms with E-state index in [1.807, 2.05) is 84.9 Å². The second kappa shape index (κ2) is 7.58. The normalized spacial score (nSPS) is 10.4.